The van der Waals surface area contributed by atoms with Crippen molar-refractivity contribution in [2.75, 3.05) is 6.54 Å². The topological polar surface area (TPSA) is 105 Å². The van der Waals surface area contributed by atoms with Gasteiger partial charge in [0.15, 0.2) is 0 Å². The summed E-state index contributed by atoms with van der Waals surface area (Å²) in [5.74, 6) is -0.814. The molecule has 0 unspecified atom stereocenters. The molecule has 1 aliphatic rings. The lowest BCUT2D eigenvalue weighted by atomic mass is 10.0. The van der Waals surface area contributed by atoms with Crippen LogP contribution in [0.5, 0.6) is 0 Å². The number of benzene rings is 1. The summed E-state index contributed by atoms with van der Waals surface area (Å²) in [6.07, 6.45) is 1.89. The Morgan fingerprint density at radius 2 is 1.89 bits per heavy atom. The zero-order valence-electron chi connectivity index (χ0n) is 17.0. The van der Waals surface area contributed by atoms with Crippen LogP contribution >= 0.6 is 0 Å². The highest BCUT2D eigenvalue weighted by molar-refractivity contribution is 5.93. The summed E-state index contributed by atoms with van der Waals surface area (Å²) in [4.78, 5) is 39.6. The Kier molecular flexibility index (Phi) is 7.99. The van der Waals surface area contributed by atoms with Crippen LogP contribution < -0.4 is 16.4 Å². The van der Waals surface area contributed by atoms with Gasteiger partial charge in [0, 0.05) is 13.1 Å². The zero-order chi connectivity index (χ0) is 20.7. The van der Waals surface area contributed by atoms with Crippen molar-refractivity contribution >= 4 is 17.7 Å². The van der Waals surface area contributed by atoms with Crippen LogP contribution in [-0.2, 0) is 20.9 Å². The highest BCUT2D eigenvalue weighted by Crippen LogP contribution is 2.20. The molecule has 0 radical (unpaired) electrons. The van der Waals surface area contributed by atoms with E-state index >= 15 is 0 Å². The molecule has 3 amide bonds. The Labute approximate surface area is 167 Å². The third-order valence-electron chi connectivity index (χ3n) is 5.16. The molecule has 0 spiro atoms. The lowest BCUT2D eigenvalue weighted by molar-refractivity contribution is -0.142. The molecule has 0 aliphatic carbocycles. The molecule has 1 heterocycles. The minimum Gasteiger partial charge on any atom is -0.350 e. The van der Waals surface area contributed by atoms with Crippen molar-refractivity contribution in [2.45, 2.75) is 64.7 Å². The largest absolute Gasteiger partial charge is 0.350 e. The van der Waals surface area contributed by atoms with Gasteiger partial charge in [-0.05, 0) is 30.7 Å². The number of nitrogens with one attached hydrogen (secondary N) is 2. The number of likely N-dealkylation sites (tertiary alicyclic amines) is 1. The molecule has 2 rings (SSSR count). The van der Waals surface area contributed by atoms with E-state index in [2.05, 4.69) is 10.6 Å². The van der Waals surface area contributed by atoms with Gasteiger partial charge in [0.05, 0.1) is 6.04 Å². The molecule has 1 saturated heterocycles. The fourth-order valence-corrected chi connectivity index (χ4v) is 3.34. The number of hydrogen-bond acceptors (Lipinski definition) is 4. The molecule has 7 nitrogen and oxygen atoms in total. The second kappa shape index (κ2) is 10.2. The van der Waals surface area contributed by atoms with Crippen molar-refractivity contribution in [1.82, 2.24) is 15.5 Å². The van der Waals surface area contributed by atoms with Crippen molar-refractivity contribution in [2.24, 2.45) is 11.7 Å². The van der Waals surface area contributed by atoms with Gasteiger partial charge in [0.2, 0.25) is 17.7 Å². The SMILES string of the molecule is CC[C@H](N)C(=O)N[C@H](C(=O)N1CCC[C@H]1C(=O)NCc1ccccc1)C(C)C. The molecular formula is C21H32N4O3. The maximum atomic E-state index is 13.1. The van der Waals surface area contributed by atoms with Gasteiger partial charge in [-0.2, -0.15) is 0 Å². The molecule has 4 N–H and O–H groups in total. The highest BCUT2D eigenvalue weighted by Gasteiger charge is 2.38. The first kappa shape index (κ1) is 21.9. The predicted molar refractivity (Wildman–Crippen MR) is 108 cm³/mol. The highest BCUT2D eigenvalue weighted by atomic mass is 16.2. The standard InChI is InChI=1S/C21H32N4O3/c1-4-16(22)19(26)24-18(14(2)3)21(28)25-12-8-11-17(25)20(27)23-13-15-9-6-5-7-10-15/h5-7,9-10,14,16-18H,4,8,11-13,22H2,1-3H3,(H,23,27)(H,24,26)/t16-,17-,18-/m0/s1. The molecule has 3 atom stereocenters. The average Bonchev–Trinajstić information content (AvgIpc) is 3.19. The Hall–Kier alpha value is -2.41. The lowest BCUT2D eigenvalue weighted by Gasteiger charge is -2.31. The number of carbonyl (C=O) groups excluding carboxylic acids is 3. The Morgan fingerprint density at radius 3 is 2.50 bits per heavy atom. The number of rotatable bonds is 8. The van der Waals surface area contributed by atoms with E-state index in [1.807, 2.05) is 51.1 Å². The number of nitrogens with zero attached hydrogens (tertiary/aromatic N) is 1. The smallest absolute Gasteiger partial charge is 0.246 e. The fraction of sp³-hybridized carbons (Fsp3) is 0.571. The monoisotopic (exact) mass is 388 g/mol. The Morgan fingerprint density at radius 1 is 1.21 bits per heavy atom. The van der Waals surface area contributed by atoms with E-state index in [0.717, 1.165) is 12.0 Å². The van der Waals surface area contributed by atoms with Crippen LogP contribution in [0.1, 0.15) is 45.6 Å². The van der Waals surface area contributed by atoms with E-state index in [1.54, 1.807) is 4.90 Å². The minimum absolute atomic E-state index is 0.103. The van der Waals surface area contributed by atoms with Crippen molar-refractivity contribution in [3.63, 3.8) is 0 Å². The minimum atomic E-state index is -0.687. The number of amides is 3. The van der Waals surface area contributed by atoms with Gasteiger partial charge in [-0.15, -0.1) is 0 Å². The third kappa shape index (κ3) is 5.55. The molecular weight excluding hydrogens is 356 g/mol. The molecule has 1 aromatic carbocycles. The van der Waals surface area contributed by atoms with Crippen LogP contribution in [-0.4, -0.2) is 47.3 Å². The Balaban J connectivity index is 2.02. The van der Waals surface area contributed by atoms with Crippen molar-refractivity contribution in [1.29, 1.82) is 0 Å². The van der Waals surface area contributed by atoms with Crippen molar-refractivity contribution in [3.8, 4) is 0 Å². The third-order valence-corrected chi connectivity index (χ3v) is 5.16. The maximum absolute atomic E-state index is 13.1. The average molecular weight is 389 g/mol. The number of hydrogen-bond donors (Lipinski definition) is 3. The van der Waals surface area contributed by atoms with Gasteiger partial charge in [-0.1, -0.05) is 51.1 Å². The van der Waals surface area contributed by atoms with Crippen molar-refractivity contribution < 1.29 is 14.4 Å². The van der Waals surface area contributed by atoms with Crippen LogP contribution in [0.2, 0.25) is 0 Å². The van der Waals surface area contributed by atoms with E-state index in [1.165, 1.54) is 0 Å². The van der Waals surface area contributed by atoms with E-state index in [-0.39, 0.29) is 23.6 Å². The van der Waals surface area contributed by atoms with Crippen LogP contribution in [0.15, 0.2) is 30.3 Å². The summed E-state index contributed by atoms with van der Waals surface area (Å²) in [6.45, 7) is 6.51. The molecule has 28 heavy (non-hydrogen) atoms. The molecule has 0 saturated carbocycles. The van der Waals surface area contributed by atoms with Gasteiger partial charge in [-0.3, -0.25) is 14.4 Å². The summed E-state index contributed by atoms with van der Waals surface area (Å²) in [5.41, 5.74) is 6.79. The number of carbonyl (C=O) groups is 3. The molecule has 0 aromatic heterocycles. The molecule has 1 aliphatic heterocycles. The van der Waals surface area contributed by atoms with E-state index in [9.17, 15) is 14.4 Å². The van der Waals surface area contributed by atoms with E-state index in [0.29, 0.717) is 25.9 Å². The summed E-state index contributed by atoms with van der Waals surface area (Å²) < 4.78 is 0. The van der Waals surface area contributed by atoms with E-state index in [4.69, 9.17) is 5.73 Å². The molecule has 154 valence electrons. The van der Waals surface area contributed by atoms with Crippen LogP contribution in [0.25, 0.3) is 0 Å². The fourth-order valence-electron chi connectivity index (χ4n) is 3.34. The first-order valence-electron chi connectivity index (χ1n) is 10.0. The summed E-state index contributed by atoms with van der Waals surface area (Å²) in [5, 5.41) is 5.70. The van der Waals surface area contributed by atoms with Crippen LogP contribution in [0, 0.1) is 5.92 Å². The van der Waals surface area contributed by atoms with Gasteiger partial charge >= 0.3 is 0 Å². The molecule has 7 heteroatoms. The van der Waals surface area contributed by atoms with Gasteiger partial charge in [0.1, 0.15) is 12.1 Å². The summed E-state index contributed by atoms with van der Waals surface area (Å²) >= 11 is 0. The quantitative estimate of drug-likeness (QED) is 0.622. The van der Waals surface area contributed by atoms with Gasteiger partial charge in [-0.25, -0.2) is 0 Å². The second-order valence-electron chi connectivity index (χ2n) is 7.64. The van der Waals surface area contributed by atoms with Crippen LogP contribution in [0.3, 0.4) is 0 Å². The summed E-state index contributed by atoms with van der Waals surface area (Å²) in [6, 6.07) is 7.82. The second-order valence-corrected chi connectivity index (χ2v) is 7.64. The normalized spacial score (nSPS) is 18.6. The molecule has 0 bridgehead atoms. The number of nitrogens with two attached hydrogens (primary N) is 1. The Bertz CT molecular complexity index is 677. The first-order chi connectivity index (χ1) is 13.3. The van der Waals surface area contributed by atoms with Gasteiger partial charge < -0.3 is 21.3 Å². The van der Waals surface area contributed by atoms with Crippen molar-refractivity contribution in [3.05, 3.63) is 35.9 Å². The predicted octanol–water partition coefficient (Wildman–Crippen LogP) is 1.17. The van der Waals surface area contributed by atoms with Gasteiger partial charge in [0.25, 0.3) is 0 Å². The molecule has 1 fully saturated rings. The lowest BCUT2D eigenvalue weighted by Crippen LogP contribution is -2.57. The first-order valence-corrected chi connectivity index (χ1v) is 10.0. The maximum Gasteiger partial charge on any atom is 0.246 e. The van der Waals surface area contributed by atoms with E-state index < -0.39 is 18.1 Å². The summed E-state index contributed by atoms with van der Waals surface area (Å²) in [7, 11) is 0. The zero-order valence-corrected chi connectivity index (χ0v) is 17.0. The molecule has 1 aromatic rings. The van der Waals surface area contributed by atoms with Crippen LogP contribution in [0.4, 0.5) is 0 Å².